The molecule has 0 saturated heterocycles. The molecule has 3 aromatic rings. The summed E-state index contributed by atoms with van der Waals surface area (Å²) in [4.78, 5) is 9.25. The molecule has 2 heterocycles. The van der Waals surface area contributed by atoms with Crippen LogP contribution in [0.2, 0.25) is 0 Å². The van der Waals surface area contributed by atoms with Crippen molar-refractivity contribution in [1.82, 2.24) is 14.5 Å². The number of hydrogen-bond acceptors (Lipinski definition) is 3. The van der Waals surface area contributed by atoms with Crippen LogP contribution in [-0.4, -0.2) is 20.6 Å². The second-order valence-electron chi connectivity index (χ2n) is 5.41. The van der Waals surface area contributed by atoms with Crippen LogP contribution in [0.25, 0.3) is 16.7 Å². The summed E-state index contributed by atoms with van der Waals surface area (Å²) in [6, 6.07) is 10.5. The minimum Gasteiger partial charge on any atom is -0.328 e. The maximum absolute atomic E-state index is 6.01. The van der Waals surface area contributed by atoms with Gasteiger partial charge in [-0.1, -0.05) is 25.1 Å². The van der Waals surface area contributed by atoms with E-state index in [1.54, 1.807) is 0 Å². The van der Waals surface area contributed by atoms with E-state index in [0.717, 1.165) is 41.0 Å². The number of hydrogen-bond donors (Lipinski definition) is 1. The number of nitrogens with zero attached hydrogens (tertiary/aromatic N) is 3. The van der Waals surface area contributed by atoms with Crippen molar-refractivity contribution in [2.45, 2.75) is 32.7 Å². The first-order chi connectivity index (χ1) is 10.2. The Bertz CT molecular complexity index is 758. The van der Waals surface area contributed by atoms with Crippen molar-refractivity contribution in [1.29, 1.82) is 0 Å². The zero-order valence-corrected chi connectivity index (χ0v) is 12.5. The molecule has 2 aromatic heterocycles. The minimum atomic E-state index is 0.0975. The molecule has 1 aromatic carbocycles. The molecule has 0 aliphatic carbocycles. The average Bonchev–Trinajstić information content (AvgIpc) is 2.94. The lowest BCUT2D eigenvalue weighted by molar-refractivity contribution is 0.727. The first-order valence-corrected chi connectivity index (χ1v) is 7.36. The molecule has 108 valence electrons. The van der Waals surface area contributed by atoms with Crippen LogP contribution in [-0.2, 0) is 12.8 Å². The van der Waals surface area contributed by atoms with E-state index in [2.05, 4.69) is 28.6 Å². The summed E-state index contributed by atoms with van der Waals surface area (Å²) in [5, 5.41) is 1.15. The molecule has 0 bridgehead atoms. The van der Waals surface area contributed by atoms with Crippen LogP contribution >= 0.6 is 0 Å². The highest BCUT2D eigenvalue weighted by Gasteiger charge is 2.13. The van der Waals surface area contributed by atoms with Gasteiger partial charge in [-0.3, -0.25) is 4.57 Å². The van der Waals surface area contributed by atoms with Crippen LogP contribution in [0.4, 0.5) is 0 Å². The van der Waals surface area contributed by atoms with Crippen molar-refractivity contribution >= 4 is 10.9 Å². The number of nitrogens with two attached hydrogens (primary N) is 1. The molecule has 0 aliphatic rings. The smallest absolute Gasteiger partial charge is 0.142 e. The van der Waals surface area contributed by atoms with E-state index < -0.39 is 0 Å². The summed E-state index contributed by atoms with van der Waals surface area (Å²) in [7, 11) is 0. The van der Waals surface area contributed by atoms with Crippen LogP contribution in [0.5, 0.6) is 0 Å². The first kappa shape index (κ1) is 13.8. The summed E-state index contributed by atoms with van der Waals surface area (Å²) in [6.07, 6.45) is 5.47. The number of benzene rings is 1. The van der Waals surface area contributed by atoms with Gasteiger partial charge in [-0.2, -0.15) is 0 Å². The summed E-state index contributed by atoms with van der Waals surface area (Å²) in [5.41, 5.74) is 8.17. The molecule has 21 heavy (non-hydrogen) atoms. The van der Waals surface area contributed by atoms with E-state index >= 15 is 0 Å². The highest BCUT2D eigenvalue weighted by atomic mass is 15.1. The van der Waals surface area contributed by atoms with Gasteiger partial charge in [0.05, 0.1) is 5.52 Å². The molecule has 0 radical (unpaired) electrons. The van der Waals surface area contributed by atoms with Crippen LogP contribution in [0, 0.1) is 0 Å². The lowest BCUT2D eigenvalue weighted by Gasteiger charge is -2.14. The molecule has 0 spiro atoms. The zero-order chi connectivity index (χ0) is 14.8. The molecular formula is C17H20N4. The molecular weight excluding hydrogens is 260 g/mol. The number of aryl methyl sites for hydroxylation is 1. The Morgan fingerprint density at radius 2 is 2.10 bits per heavy atom. The molecule has 1 atom stereocenters. The Labute approximate surface area is 124 Å². The van der Waals surface area contributed by atoms with Gasteiger partial charge in [0, 0.05) is 30.2 Å². The van der Waals surface area contributed by atoms with Crippen LogP contribution in [0.3, 0.4) is 0 Å². The molecule has 0 aliphatic heterocycles. The number of imidazole rings is 1. The number of pyridine rings is 1. The van der Waals surface area contributed by atoms with Crippen LogP contribution in [0.15, 0.2) is 42.7 Å². The van der Waals surface area contributed by atoms with Gasteiger partial charge in [-0.25, -0.2) is 9.97 Å². The van der Waals surface area contributed by atoms with Crippen molar-refractivity contribution < 1.29 is 0 Å². The highest BCUT2D eigenvalue weighted by Crippen LogP contribution is 2.22. The van der Waals surface area contributed by atoms with Crippen molar-refractivity contribution in [3.63, 3.8) is 0 Å². The molecule has 2 N–H and O–H groups in total. The van der Waals surface area contributed by atoms with Crippen molar-refractivity contribution in [3.05, 3.63) is 54.1 Å². The molecule has 4 nitrogen and oxygen atoms in total. The first-order valence-electron chi connectivity index (χ1n) is 7.36. The monoisotopic (exact) mass is 280 g/mol. The van der Waals surface area contributed by atoms with E-state index in [1.807, 2.05) is 37.5 Å². The van der Waals surface area contributed by atoms with E-state index in [-0.39, 0.29) is 6.04 Å². The van der Waals surface area contributed by atoms with Gasteiger partial charge in [0.1, 0.15) is 11.6 Å². The SMILES string of the molecule is CCc1nccn1-c1nc2ccccc2cc1CC(C)N. The molecule has 0 saturated carbocycles. The lowest BCUT2D eigenvalue weighted by atomic mass is 10.1. The molecule has 4 heteroatoms. The standard InChI is InChI=1S/C17H20N4/c1-3-16-19-8-9-21(16)17-14(10-12(2)18)11-13-6-4-5-7-15(13)20-17/h4-9,11-12H,3,10,18H2,1-2H3. The highest BCUT2D eigenvalue weighted by molar-refractivity contribution is 5.80. The van der Waals surface area contributed by atoms with Gasteiger partial charge in [-0.05, 0) is 31.0 Å². The maximum Gasteiger partial charge on any atom is 0.142 e. The summed E-state index contributed by atoms with van der Waals surface area (Å²) in [5.74, 6) is 1.96. The third-order valence-corrected chi connectivity index (χ3v) is 3.58. The van der Waals surface area contributed by atoms with E-state index in [1.165, 1.54) is 0 Å². The fourth-order valence-electron chi connectivity index (χ4n) is 2.64. The van der Waals surface area contributed by atoms with Crippen molar-refractivity contribution in [2.75, 3.05) is 0 Å². The fourth-order valence-corrected chi connectivity index (χ4v) is 2.64. The van der Waals surface area contributed by atoms with E-state index in [0.29, 0.717) is 0 Å². The Morgan fingerprint density at radius 3 is 2.86 bits per heavy atom. The van der Waals surface area contributed by atoms with E-state index in [9.17, 15) is 0 Å². The second kappa shape index (κ2) is 5.66. The normalized spacial score (nSPS) is 12.7. The van der Waals surface area contributed by atoms with Crippen LogP contribution in [0.1, 0.15) is 25.2 Å². The zero-order valence-electron chi connectivity index (χ0n) is 12.5. The largest absolute Gasteiger partial charge is 0.328 e. The third kappa shape index (κ3) is 2.67. The third-order valence-electron chi connectivity index (χ3n) is 3.58. The molecule has 3 rings (SSSR count). The summed E-state index contributed by atoms with van der Waals surface area (Å²) >= 11 is 0. The van der Waals surface area contributed by atoms with Gasteiger partial charge in [0.2, 0.25) is 0 Å². The van der Waals surface area contributed by atoms with Crippen LogP contribution < -0.4 is 5.73 Å². The predicted molar refractivity (Wildman–Crippen MR) is 85.6 cm³/mol. The quantitative estimate of drug-likeness (QED) is 0.799. The van der Waals surface area contributed by atoms with Crippen molar-refractivity contribution in [3.8, 4) is 5.82 Å². The average molecular weight is 280 g/mol. The molecule has 0 amide bonds. The predicted octanol–water partition coefficient (Wildman–Crippen LogP) is 2.87. The van der Waals surface area contributed by atoms with Gasteiger partial charge in [0.25, 0.3) is 0 Å². The Kier molecular flexibility index (Phi) is 3.71. The Hall–Kier alpha value is -2.20. The van der Waals surface area contributed by atoms with Crippen molar-refractivity contribution in [2.24, 2.45) is 5.73 Å². The Balaban J connectivity index is 2.23. The number of fused-ring (bicyclic) bond motifs is 1. The molecule has 1 unspecified atom stereocenters. The van der Waals surface area contributed by atoms with E-state index in [4.69, 9.17) is 10.7 Å². The van der Waals surface area contributed by atoms with Gasteiger partial charge in [0.15, 0.2) is 0 Å². The Morgan fingerprint density at radius 1 is 1.29 bits per heavy atom. The van der Waals surface area contributed by atoms with Gasteiger partial charge >= 0.3 is 0 Å². The summed E-state index contributed by atoms with van der Waals surface area (Å²) < 4.78 is 2.07. The topological polar surface area (TPSA) is 56.7 Å². The maximum atomic E-state index is 6.01. The lowest BCUT2D eigenvalue weighted by Crippen LogP contribution is -2.19. The number of rotatable bonds is 4. The number of aromatic nitrogens is 3. The van der Waals surface area contributed by atoms with Gasteiger partial charge < -0.3 is 5.73 Å². The minimum absolute atomic E-state index is 0.0975. The van der Waals surface area contributed by atoms with Gasteiger partial charge in [-0.15, -0.1) is 0 Å². The fraction of sp³-hybridized carbons (Fsp3) is 0.294. The number of para-hydroxylation sites is 1. The summed E-state index contributed by atoms with van der Waals surface area (Å²) in [6.45, 7) is 4.12. The molecule has 0 fully saturated rings. The second-order valence-corrected chi connectivity index (χ2v) is 5.41.